The Morgan fingerprint density at radius 1 is 1.15 bits per heavy atom. The minimum atomic E-state index is -0.128. The highest BCUT2D eigenvalue weighted by Crippen LogP contribution is 2.21. The lowest BCUT2D eigenvalue weighted by atomic mass is 9.96. The summed E-state index contributed by atoms with van der Waals surface area (Å²) in [6.45, 7) is 6.25. The molecule has 1 aromatic heterocycles. The molecule has 1 unspecified atom stereocenters. The molecule has 0 fully saturated rings. The van der Waals surface area contributed by atoms with E-state index in [1.54, 1.807) is 12.1 Å². The van der Waals surface area contributed by atoms with Gasteiger partial charge in [-0.15, -0.1) is 0 Å². The topological polar surface area (TPSA) is 94.7 Å². The highest BCUT2D eigenvalue weighted by atomic mass is 35.5. The van der Waals surface area contributed by atoms with Crippen molar-refractivity contribution in [2.45, 2.75) is 45.6 Å². The van der Waals surface area contributed by atoms with Gasteiger partial charge in [0.1, 0.15) is 5.82 Å². The zero-order chi connectivity index (χ0) is 19.1. The van der Waals surface area contributed by atoms with Crippen molar-refractivity contribution in [1.29, 1.82) is 5.26 Å². The van der Waals surface area contributed by atoms with Gasteiger partial charge in [0, 0.05) is 6.42 Å². The highest BCUT2D eigenvalue weighted by molar-refractivity contribution is 6.28. The molecule has 138 valence electrons. The molecule has 2 N–H and O–H groups in total. The van der Waals surface area contributed by atoms with Gasteiger partial charge >= 0.3 is 0 Å². The molecule has 1 aromatic carbocycles. The second-order valence-electron chi connectivity index (χ2n) is 6.84. The van der Waals surface area contributed by atoms with Gasteiger partial charge in [-0.1, -0.05) is 32.9 Å². The third kappa shape index (κ3) is 5.94. The number of hydrogen-bond donors (Lipinski definition) is 2. The van der Waals surface area contributed by atoms with Crippen LogP contribution in [0, 0.1) is 17.2 Å². The zero-order valence-corrected chi connectivity index (χ0v) is 16.0. The molecule has 26 heavy (non-hydrogen) atoms. The van der Waals surface area contributed by atoms with E-state index in [0.717, 1.165) is 12.0 Å². The average molecular weight is 374 g/mol. The van der Waals surface area contributed by atoms with Crippen LogP contribution in [0.1, 0.15) is 50.1 Å². The number of nitriles is 1. The van der Waals surface area contributed by atoms with E-state index in [0.29, 0.717) is 29.7 Å². The summed E-state index contributed by atoms with van der Waals surface area (Å²) in [6.07, 6.45) is 1.40. The average Bonchev–Trinajstić information content (AvgIpc) is 2.60. The van der Waals surface area contributed by atoms with Crippen molar-refractivity contribution < 1.29 is 5.11 Å². The standard InChI is InChI=1S/C19H24ClN5O/c1-12(2)8-16(11-26)22-19-24-17(23-18(20)25-19)9-13(3)15-6-4-14(10-21)5-7-15/h4-7,12-13,16,26H,8-9,11H2,1-3H3,(H,22,23,24,25)/t13?,16-/m1/s1. The highest BCUT2D eigenvalue weighted by Gasteiger charge is 2.15. The summed E-state index contributed by atoms with van der Waals surface area (Å²) in [5.74, 6) is 1.57. The Hall–Kier alpha value is -2.23. The lowest BCUT2D eigenvalue weighted by Crippen LogP contribution is -2.27. The Morgan fingerprint density at radius 3 is 2.42 bits per heavy atom. The van der Waals surface area contributed by atoms with Gasteiger partial charge in [0.05, 0.1) is 24.3 Å². The minimum Gasteiger partial charge on any atom is -0.394 e. The van der Waals surface area contributed by atoms with Crippen molar-refractivity contribution in [3.8, 4) is 6.07 Å². The van der Waals surface area contributed by atoms with Crippen LogP contribution in [0.2, 0.25) is 5.28 Å². The first-order valence-electron chi connectivity index (χ1n) is 8.69. The molecule has 0 aliphatic rings. The maximum atomic E-state index is 9.52. The first kappa shape index (κ1) is 20.1. The number of aromatic nitrogens is 3. The number of halogens is 1. The van der Waals surface area contributed by atoms with Gasteiger partial charge in [-0.25, -0.2) is 4.98 Å². The lowest BCUT2D eigenvalue weighted by Gasteiger charge is -2.18. The summed E-state index contributed by atoms with van der Waals surface area (Å²) >= 11 is 6.05. The number of aliphatic hydroxyl groups excluding tert-OH is 1. The Bertz CT molecular complexity index is 758. The predicted octanol–water partition coefficient (Wildman–Crippen LogP) is 3.56. The SMILES string of the molecule is CC(C)C[C@H](CO)Nc1nc(Cl)nc(CC(C)c2ccc(C#N)cc2)n1. The Balaban J connectivity index is 2.11. The van der Waals surface area contributed by atoms with Crippen LogP contribution in [0.15, 0.2) is 24.3 Å². The zero-order valence-electron chi connectivity index (χ0n) is 15.3. The van der Waals surface area contributed by atoms with Crippen molar-refractivity contribution >= 4 is 17.5 Å². The van der Waals surface area contributed by atoms with Crippen LogP contribution in [0.25, 0.3) is 0 Å². The first-order valence-corrected chi connectivity index (χ1v) is 9.07. The second-order valence-corrected chi connectivity index (χ2v) is 7.17. The Labute approximate surface area is 159 Å². The molecule has 0 amide bonds. The fraction of sp³-hybridized carbons (Fsp3) is 0.474. The van der Waals surface area contributed by atoms with Crippen LogP contribution < -0.4 is 5.32 Å². The molecule has 2 aromatic rings. The third-order valence-electron chi connectivity index (χ3n) is 4.06. The third-order valence-corrected chi connectivity index (χ3v) is 4.23. The summed E-state index contributed by atoms with van der Waals surface area (Å²) in [7, 11) is 0. The normalized spacial score (nSPS) is 13.3. The molecule has 0 radical (unpaired) electrons. The van der Waals surface area contributed by atoms with E-state index in [1.807, 2.05) is 12.1 Å². The van der Waals surface area contributed by atoms with Gasteiger partial charge < -0.3 is 10.4 Å². The number of benzene rings is 1. The monoisotopic (exact) mass is 373 g/mol. The molecule has 0 aliphatic carbocycles. The van der Waals surface area contributed by atoms with Gasteiger partial charge in [-0.2, -0.15) is 15.2 Å². The van der Waals surface area contributed by atoms with Crippen LogP contribution in [-0.4, -0.2) is 32.7 Å². The number of nitrogens with one attached hydrogen (secondary N) is 1. The lowest BCUT2D eigenvalue weighted by molar-refractivity contribution is 0.259. The van der Waals surface area contributed by atoms with Gasteiger partial charge in [0.2, 0.25) is 11.2 Å². The minimum absolute atomic E-state index is 0.00153. The number of aliphatic hydroxyl groups is 1. The summed E-state index contributed by atoms with van der Waals surface area (Å²) in [4.78, 5) is 12.8. The van der Waals surface area contributed by atoms with Gasteiger partial charge in [0.25, 0.3) is 0 Å². The molecule has 7 heteroatoms. The van der Waals surface area contributed by atoms with Crippen molar-refractivity contribution in [3.63, 3.8) is 0 Å². The molecule has 6 nitrogen and oxygen atoms in total. The van der Waals surface area contributed by atoms with Crippen LogP contribution >= 0.6 is 11.6 Å². The fourth-order valence-corrected chi connectivity index (χ4v) is 2.93. The number of anilines is 1. The molecule has 1 heterocycles. The van der Waals surface area contributed by atoms with E-state index in [1.165, 1.54) is 0 Å². The predicted molar refractivity (Wildman–Crippen MR) is 102 cm³/mol. The van der Waals surface area contributed by atoms with Crippen molar-refractivity contribution in [1.82, 2.24) is 15.0 Å². The molecule has 0 aliphatic heterocycles. The molecule has 0 bridgehead atoms. The molecule has 0 saturated heterocycles. The largest absolute Gasteiger partial charge is 0.394 e. The maximum absolute atomic E-state index is 9.52. The summed E-state index contributed by atoms with van der Waals surface area (Å²) in [5, 5.41) is 21.7. The maximum Gasteiger partial charge on any atom is 0.227 e. The molecule has 2 rings (SSSR count). The van der Waals surface area contributed by atoms with Crippen molar-refractivity contribution in [2.75, 3.05) is 11.9 Å². The number of rotatable bonds is 8. The van der Waals surface area contributed by atoms with E-state index in [9.17, 15) is 5.11 Å². The van der Waals surface area contributed by atoms with E-state index in [4.69, 9.17) is 16.9 Å². The molecular formula is C19H24ClN5O. The number of hydrogen-bond acceptors (Lipinski definition) is 6. The van der Waals surface area contributed by atoms with E-state index in [2.05, 4.69) is 47.1 Å². The molecule has 0 saturated carbocycles. The van der Waals surface area contributed by atoms with Crippen molar-refractivity contribution in [2.24, 2.45) is 5.92 Å². The van der Waals surface area contributed by atoms with Crippen LogP contribution in [-0.2, 0) is 6.42 Å². The molecule has 2 atom stereocenters. The smallest absolute Gasteiger partial charge is 0.227 e. The molecule has 0 spiro atoms. The van der Waals surface area contributed by atoms with Crippen LogP contribution in [0.4, 0.5) is 5.95 Å². The van der Waals surface area contributed by atoms with Gasteiger partial charge in [-0.3, -0.25) is 0 Å². The van der Waals surface area contributed by atoms with Crippen LogP contribution in [0.5, 0.6) is 0 Å². The second kappa shape index (κ2) is 9.46. The Kier molecular flexibility index (Phi) is 7.31. The van der Waals surface area contributed by atoms with Gasteiger partial charge in [-0.05, 0) is 47.6 Å². The molecular weight excluding hydrogens is 350 g/mol. The van der Waals surface area contributed by atoms with E-state index < -0.39 is 0 Å². The van der Waals surface area contributed by atoms with Gasteiger partial charge in [0.15, 0.2) is 0 Å². The summed E-state index contributed by atoms with van der Waals surface area (Å²) in [5.41, 5.74) is 1.74. The summed E-state index contributed by atoms with van der Waals surface area (Å²) < 4.78 is 0. The van der Waals surface area contributed by atoms with E-state index >= 15 is 0 Å². The quantitative estimate of drug-likeness (QED) is 0.734. The van der Waals surface area contributed by atoms with Crippen molar-refractivity contribution in [3.05, 3.63) is 46.5 Å². The van der Waals surface area contributed by atoms with E-state index in [-0.39, 0.29) is 23.9 Å². The Morgan fingerprint density at radius 2 is 1.85 bits per heavy atom. The van der Waals surface area contributed by atoms with Crippen LogP contribution in [0.3, 0.4) is 0 Å². The number of nitrogens with zero attached hydrogens (tertiary/aromatic N) is 4. The first-order chi connectivity index (χ1) is 12.4. The fourth-order valence-electron chi connectivity index (χ4n) is 2.76. The summed E-state index contributed by atoms with van der Waals surface area (Å²) in [6, 6.07) is 9.47.